The van der Waals surface area contributed by atoms with E-state index >= 15 is 0 Å². The second kappa shape index (κ2) is 2.77. The Morgan fingerprint density at radius 2 is 1.83 bits per heavy atom. The number of fused-ring (bicyclic) bond motifs is 1. The van der Waals surface area contributed by atoms with E-state index in [1.165, 1.54) is 17.5 Å². The van der Waals surface area contributed by atoms with Gasteiger partial charge < -0.3 is 0 Å². The first-order valence-electron chi connectivity index (χ1n) is 4.48. The quantitative estimate of drug-likeness (QED) is 0.567. The lowest BCUT2D eigenvalue weighted by molar-refractivity contribution is 0.661. The van der Waals surface area contributed by atoms with Crippen LogP contribution >= 0.6 is 11.6 Å². The molecule has 0 aliphatic heterocycles. The van der Waals surface area contributed by atoms with Gasteiger partial charge in [0.05, 0.1) is 0 Å². The van der Waals surface area contributed by atoms with Gasteiger partial charge in [-0.2, -0.15) is 0 Å². The van der Waals surface area contributed by atoms with E-state index < -0.39 is 0 Å². The first-order valence-corrected chi connectivity index (χ1v) is 4.85. The Bertz CT molecular complexity index is 304. The van der Waals surface area contributed by atoms with Crippen molar-refractivity contribution in [1.82, 2.24) is 0 Å². The Balaban J connectivity index is 2.53. The summed E-state index contributed by atoms with van der Waals surface area (Å²) in [5.74, 6) is 1.40. The molecule has 1 heteroatoms. The van der Waals surface area contributed by atoms with E-state index in [0.29, 0.717) is 11.8 Å². The van der Waals surface area contributed by atoms with Crippen molar-refractivity contribution in [2.24, 2.45) is 0 Å². The second-order valence-electron chi connectivity index (χ2n) is 3.81. The minimum Gasteiger partial charge on any atom is -0.0843 e. The fourth-order valence-corrected chi connectivity index (χ4v) is 2.39. The number of benzene rings is 1. The molecule has 0 aromatic heterocycles. The Labute approximate surface area is 78.6 Å². The van der Waals surface area contributed by atoms with Crippen molar-refractivity contribution in [2.45, 2.75) is 32.1 Å². The smallest absolute Gasteiger partial charge is 0.0409 e. The molecule has 1 aliphatic rings. The van der Waals surface area contributed by atoms with Crippen LogP contribution in [0.2, 0.25) is 5.02 Å². The molecule has 0 N–H and O–H groups in total. The van der Waals surface area contributed by atoms with Crippen LogP contribution in [0.5, 0.6) is 0 Å². The molecular formula is C11H13Cl. The highest BCUT2D eigenvalue weighted by molar-refractivity contribution is 6.30. The molecule has 1 aromatic carbocycles. The molecule has 0 saturated heterocycles. The minimum absolute atomic E-state index is 0.689. The molecular weight excluding hydrogens is 168 g/mol. The molecule has 0 nitrogen and oxygen atoms in total. The van der Waals surface area contributed by atoms with Crippen LogP contribution in [0.3, 0.4) is 0 Å². The molecule has 0 fully saturated rings. The minimum atomic E-state index is 0.689. The first kappa shape index (κ1) is 8.12. The third-order valence-corrected chi connectivity index (χ3v) is 3.05. The van der Waals surface area contributed by atoms with E-state index in [1.54, 1.807) is 0 Å². The zero-order chi connectivity index (χ0) is 8.72. The van der Waals surface area contributed by atoms with Crippen molar-refractivity contribution < 1.29 is 0 Å². The van der Waals surface area contributed by atoms with Crippen LogP contribution in [-0.2, 0) is 0 Å². The van der Waals surface area contributed by atoms with Gasteiger partial charge in [-0.1, -0.05) is 31.5 Å². The van der Waals surface area contributed by atoms with E-state index in [1.807, 2.05) is 6.07 Å². The molecule has 2 rings (SSSR count). The molecule has 64 valence electrons. The highest BCUT2D eigenvalue weighted by atomic mass is 35.5. The van der Waals surface area contributed by atoms with Gasteiger partial charge in [0.25, 0.3) is 0 Å². The van der Waals surface area contributed by atoms with Gasteiger partial charge in [0.1, 0.15) is 0 Å². The van der Waals surface area contributed by atoms with Crippen LogP contribution in [0, 0.1) is 0 Å². The van der Waals surface area contributed by atoms with E-state index in [4.69, 9.17) is 11.6 Å². The summed E-state index contributed by atoms with van der Waals surface area (Å²) in [6.45, 7) is 4.56. The van der Waals surface area contributed by atoms with Gasteiger partial charge in [-0.3, -0.25) is 0 Å². The van der Waals surface area contributed by atoms with E-state index in [9.17, 15) is 0 Å². The monoisotopic (exact) mass is 180 g/mol. The Morgan fingerprint density at radius 3 is 2.58 bits per heavy atom. The summed E-state index contributed by atoms with van der Waals surface area (Å²) < 4.78 is 0. The summed E-state index contributed by atoms with van der Waals surface area (Å²) >= 11 is 5.94. The zero-order valence-corrected chi connectivity index (χ0v) is 8.23. The predicted molar refractivity (Wildman–Crippen MR) is 52.9 cm³/mol. The van der Waals surface area contributed by atoms with E-state index in [0.717, 1.165) is 5.02 Å². The summed E-state index contributed by atoms with van der Waals surface area (Å²) in [5, 5.41) is 0.870. The van der Waals surface area contributed by atoms with Gasteiger partial charge in [-0.15, -0.1) is 0 Å². The number of halogens is 1. The zero-order valence-electron chi connectivity index (χ0n) is 7.47. The summed E-state index contributed by atoms with van der Waals surface area (Å²) in [5.41, 5.74) is 2.95. The normalized spacial score (nSPS) is 27.2. The molecule has 0 amide bonds. The largest absolute Gasteiger partial charge is 0.0843 e. The molecule has 2 atom stereocenters. The van der Waals surface area contributed by atoms with Gasteiger partial charge in [-0.25, -0.2) is 0 Å². The molecule has 0 saturated carbocycles. The predicted octanol–water partition coefficient (Wildman–Crippen LogP) is 3.95. The SMILES string of the molecule is CC1CC(C)c2cc(Cl)ccc21. The topological polar surface area (TPSA) is 0 Å². The third kappa shape index (κ3) is 1.15. The van der Waals surface area contributed by atoms with Crippen LogP contribution < -0.4 is 0 Å². The van der Waals surface area contributed by atoms with Gasteiger partial charge in [0.15, 0.2) is 0 Å². The van der Waals surface area contributed by atoms with Crippen molar-refractivity contribution in [3.05, 3.63) is 34.3 Å². The molecule has 0 radical (unpaired) electrons. The van der Waals surface area contributed by atoms with Crippen LogP contribution in [0.1, 0.15) is 43.2 Å². The van der Waals surface area contributed by atoms with Gasteiger partial charge in [0, 0.05) is 5.02 Å². The van der Waals surface area contributed by atoms with Crippen molar-refractivity contribution in [1.29, 1.82) is 0 Å². The second-order valence-corrected chi connectivity index (χ2v) is 4.25. The molecule has 2 unspecified atom stereocenters. The Hall–Kier alpha value is -0.490. The molecule has 1 aromatic rings. The van der Waals surface area contributed by atoms with Gasteiger partial charge in [-0.05, 0) is 41.5 Å². The average Bonchev–Trinajstić information content (AvgIpc) is 2.28. The fourth-order valence-electron chi connectivity index (χ4n) is 2.21. The Kier molecular flexibility index (Phi) is 1.88. The third-order valence-electron chi connectivity index (χ3n) is 2.82. The van der Waals surface area contributed by atoms with E-state index in [-0.39, 0.29) is 0 Å². The lowest BCUT2D eigenvalue weighted by Gasteiger charge is -2.04. The maximum absolute atomic E-state index is 5.94. The molecule has 1 aliphatic carbocycles. The summed E-state index contributed by atoms with van der Waals surface area (Å²) in [7, 11) is 0. The van der Waals surface area contributed by atoms with Crippen molar-refractivity contribution in [3.8, 4) is 0 Å². The molecule has 0 spiro atoms. The van der Waals surface area contributed by atoms with Crippen LogP contribution in [0.15, 0.2) is 18.2 Å². The van der Waals surface area contributed by atoms with Crippen molar-refractivity contribution in [3.63, 3.8) is 0 Å². The maximum Gasteiger partial charge on any atom is 0.0409 e. The number of rotatable bonds is 0. The van der Waals surface area contributed by atoms with Gasteiger partial charge in [0.2, 0.25) is 0 Å². The lowest BCUT2D eigenvalue weighted by Crippen LogP contribution is -1.85. The number of hydrogen-bond donors (Lipinski definition) is 0. The standard InChI is InChI=1S/C11H13Cl/c1-7-5-8(2)11-6-9(12)3-4-10(7)11/h3-4,6-8H,5H2,1-2H3. The van der Waals surface area contributed by atoms with Crippen LogP contribution in [0.25, 0.3) is 0 Å². The Morgan fingerprint density at radius 1 is 1.17 bits per heavy atom. The molecule has 12 heavy (non-hydrogen) atoms. The lowest BCUT2D eigenvalue weighted by atomic mass is 10.0. The molecule has 0 heterocycles. The van der Waals surface area contributed by atoms with Crippen LogP contribution in [-0.4, -0.2) is 0 Å². The van der Waals surface area contributed by atoms with Crippen LogP contribution in [0.4, 0.5) is 0 Å². The molecule has 0 bridgehead atoms. The first-order chi connectivity index (χ1) is 5.68. The van der Waals surface area contributed by atoms with E-state index in [2.05, 4.69) is 26.0 Å². The number of hydrogen-bond acceptors (Lipinski definition) is 0. The van der Waals surface area contributed by atoms with Crippen molar-refractivity contribution in [2.75, 3.05) is 0 Å². The van der Waals surface area contributed by atoms with Gasteiger partial charge >= 0.3 is 0 Å². The van der Waals surface area contributed by atoms with Crippen molar-refractivity contribution >= 4 is 11.6 Å². The highest BCUT2D eigenvalue weighted by Gasteiger charge is 2.24. The highest BCUT2D eigenvalue weighted by Crippen LogP contribution is 2.41. The average molecular weight is 181 g/mol. The summed E-state index contributed by atoms with van der Waals surface area (Å²) in [4.78, 5) is 0. The summed E-state index contributed by atoms with van der Waals surface area (Å²) in [6.07, 6.45) is 1.27. The fraction of sp³-hybridized carbons (Fsp3) is 0.455. The maximum atomic E-state index is 5.94. The summed E-state index contributed by atoms with van der Waals surface area (Å²) in [6, 6.07) is 6.28.